The number of carboxylic acid groups (broad SMARTS) is 1. The molecule has 78 valence electrons. The Labute approximate surface area is 81.1 Å². The Morgan fingerprint density at radius 2 is 1.79 bits per heavy atom. The number of hydrogen-bond acceptors (Lipinski definition) is 3. The zero-order chi connectivity index (χ0) is 10.3. The maximum atomic E-state index is 11.4. The first-order chi connectivity index (χ1) is 6.58. The van der Waals surface area contributed by atoms with Gasteiger partial charge in [-0.2, -0.15) is 0 Å². The van der Waals surface area contributed by atoms with Crippen molar-refractivity contribution >= 4 is 11.9 Å². The zero-order valence-electron chi connectivity index (χ0n) is 7.64. The average molecular weight is 199 g/mol. The van der Waals surface area contributed by atoms with Crippen LogP contribution in [0.3, 0.4) is 0 Å². The van der Waals surface area contributed by atoms with Gasteiger partial charge in [0.25, 0.3) is 0 Å². The maximum Gasteiger partial charge on any atom is 0.307 e. The van der Waals surface area contributed by atoms with Crippen molar-refractivity contribution in [3.8, 4) is 0 Å². The second-order valence-corrected chi connectivity index (χ2v) is 4.12. The number of rotatable bonds is 3. The summed E-state index contributed by atoms with van der Waals surface area (Å²) in [6.07, 6.45) is 1.35. The number of aliphatic carboxylic acids is 1. The molecule has 0 aliphatic heterocycles. The van der Waals surface area contributed by atoms with Gasteiger partial charge in [0.2, 0.25) is 5.91 Å². The van der Waals surface area contributed by atoms with E-state index in [0.717, 1.165) is 0 Å². The molecule has 2 aliphatic carbocycles. The smallest absolute Gasteiger partial charge is 0.307 e. The summed E-state index contributed by atoms with van der Waals surface area (Å²) in [5, 5.41) is 20.3. The van der Waals surface area contributed by atoms with E-state index in [1.807, 2.05) is 0 Å². The summed E-state index contributed by atoms with van der Waals surface area (Å²) in [7, 11) is 0. The lowest BCUT2D eigenvalue weighted by Gasteiger charge is -2.31. The highest BCUT2D eigenvalue weighted by Gasteiger charge is 2.49. The molecule has 2 aliphatic rings. The van der Waals surface area contributed by atoms with Gasteiger partial charge in [-0.05, 0) is 19.3 Å². The SMILES string of the molecule is O=C(O)[C@H]1C[C@H]1C(=O)NC1CC(O)C1. The molecule has 0 aromatic rings. The van der Waals surface area contributed by atoms with Crippen LogP contribution in [0.15, 0.2) is 0 Å². The minimum Gasteiger partial charge on any atom is -0.481 e. The van der Waals surface area contributed by atoms with Gasteiger partial charge in [0.1, 0.15) is 0 Å². The summed E-state index contributed by atoms with van der Waals surface area (Å²) >= 11 is 0. The molecular weight excluding hydrogens is 186 g/mol. The second-order valence-electron chi connectivity index (χ2n) is 4.12. The number of hydrogen-bond donors (Lipinski definition) is 3. The fourth-order valence-corrected chi connectivity index (χ4v) is 1.77. The Morgan fingerprint density at radius 3 is 2.21 bits per heavy atom. The quantitative estimate of drug-likeness (QED) is 0.563. The van der Waals surface area contributed by atoms with Gasteiger partial charge >= 0.3 is 5.97 Å². The molecule has 1 amide bonds. The molecule has 2 rings (SSSR count). The molecule has 14 heavy (non-hydrogen) atoms. The number of amides is 1. The standard InChI is InChI=1S/C9H13NO4/c11-5-1-4(2-5)10-8(12)6-3-7(6)9(13)14/h4-7,11H,1-3H2,(H,10,12)(H,13,14)/t4?,5?,6-,7+/m1/s1. The van der Waals surface area contributed by atoms with E-state index in [-0.39, 0.29) is 24.0 Å². The molecule has 2 fully saturated rings. The highest BCUT2D eigenvalue weighted by Crippen LogP contribution is 2.39. The molecule has 0 heterocycles. The third-order valence-electron chi connectivity index (χ3n) is 2.90. The van der Waals surface area contributed by atoms with E-state index < -0.39 is 11.9 Å². The fourth-order valence-electron chi connectivity index (χ4n) is 1.77. The molecule has 0 aromatic carbocycles. The minimum atomic E-state index is -0.890. The highest BCUT2D eigenvalue weighted by molar-refractivity contribution is 5.89. The molecule has 2 atom stereocenters. The van der Waals surface area contributed by atoms with Gasteiger partial charge in [0.05, 0.1) is 17.9 Å². The molecule has 5 heteroatoms. The van der Waals surface area contributed by atoms with Gasteiger partial charge in [0, 0.05) is 6.04 Å². The topological polar surface area (TPSA) is 86.6 Å². The van der Waals surface area contributed by atoms with Crippen LogP contribution in [-0.2, 0) is 9.59 Å². The number of nitrogens with one attached hydrogen (secondary N) is 1. The van der Waals surface area contributed by atoms with Gasteiger partial charge in [0.15, 0.2) is 0 Å². The molecule has 2 saturated carbocycles. The number of aliphatic hydroxyl groups is 1. The molecule has 0 spiro atoms. The summed E-state index contributed by atoms with van der Waals surface area (Å²) in [4.78, 5) is 21.9. The van der Waals surface area contributed by atoms with E-state index in [1.54, 1.807) is 0 Å². The number of carbonyl (C=O) groups is 2. The van der Waals surface area contributed by atoms with E-state index in [0.29, 0.717) is 19.3 Å². The van der Waals surface area contributed by atoms with Crippen LogP contribution in [0.1, 0.15) is 19.3 Å². The van der Waals surface area contributed by atoms with Crippen LogP contribution >= 0.6 is 0 Å². The van der Waals surface area contributed by atoms with Crippen molar-refractivity contribution in [2.45, 2.75) is 31.4 Å². The maximum absolute atomic E-state index is 11.4. The summed E-state index contributed by atoms with van der Waals surface area (Å²) in [5.41, 5.74) is 0. The normalized spacial score (nSPS) is 39.8. The van der Waals surface area contributed by atoms with E-state index in [1.165, 1.54) is 0 Å². The molecule has 0 saturated heterocycles. The first-order valence-corrected chi connectivity index (χ1v) is 4.79. The Bertz CT molecular complexity index is 272. The summed E-state index contributed by atoms with van der Waals surface area (Å²) in [5.74, 6) is -1.89. The van der Waals surface area contributed by atoms with Gasteiger partial charge < -0.3 is 15.5 Å². The van der Waals surface area contributed by atoms with Crippen molar-refractivity contribution in [1.29, 1.82) is 0 Å². The summed E-state index contributed by atoms with van der Waals surface area (Å²) in [6.45, 7) is 0. The lowest BCUT2D eigenvalue weighted by atomic mass is 9.89. The van der Waals surface area contributed by atoms with Crippen molar-refractivity contribution in [1.82, 2.24) is 5.32 Å². The van der Waals surface area contributed by atoms with Crippen molar-refractivity contribution in [2.24, 2.45) is 11.8 Å². The Morgan fingerprint density at radius 1 is 1.14 bits per heavy atom. The van der Waals surface area contributed by atoms with E-state index in [4.69, 9.17) is 10.2 Å². The highest BCUT2D eigenvalue weighted by atomic mass is 16.4. The van der Waals surface area contributed by atoms with Gasteiger partial charge in [-0.25, -0.2) is 0 Å². The summed E-state index contributed by atoms with van der Waals surface area (Å²) < 4.78 is 0. The lowest BCUT2D eigenvalue weighted by molar-refractivity contribution is -0.140. The first kappa shape index (κ1) is 9.45. The van der Waals surface area contributed by atoms with Crippen LogP contribution in [0.4, 0.5) is 0 Å². The van der Waals surface area contributed by atoms with Crippen LogP contribution in [-0.4, -0.2) is 34.2 Å². The summed E-state index contributed by atoms with van der Waals surface area (Å²) in [6, 6.07) is 0.0487. The minimum absolute atomic E-state index is 0.0487. The first-order valence-electron chi connectivity index (χ1n) is 4.79. The third-order valence-corrected chi connectivity index (χ3v) is 2.90. The van der Waals surface area contributed by atoms with Crippen molar-refractivity contribution in [3.63, 3.8) is 0 Å². The molecule has 0 unspecified atom stereocenters. The molecule has 0 aromatic heterocycles. The van der Waals surface area contributed by atoms with Crippen molar-refractivity contribution < 1.29 is 19.8 Å². The Hall–Kier alpha value is -1.10. The van der Waals surface area contributed by atoms with Gasteiger partial charge in [-0.1, -0.05) is 0 Å². The Balaban J connectivity index is 1.73. The molecule has 3 N–H and O–H groups in total. The predicted octanol–water partition coefficient (Wildman–Crippen LogP) is -0.653. The Kier molecular flexibility index (Phi) is 2.19. The zero-order valence-corrected chi connectivity index (χ0v) is 7.64. The number of aliphatic hydroxyl groups excluding tert-OH is 1. The van der Waals surface area contributed by atoms with Crippen LogP contribution in [0.5, 0.6) is 0 Å². The average Bonchev–Trinajstić information content (AvgIpc) is 2.79. The third kappa shape index (κ3) is 1.72. The predicted molar refractivity (Wildman–Crippen MR) is 46.4 cm³/mol. The van der Waals surface area contributed by atoms with Crippen molar-refractivity contribution in [2.75, 3.05) is 0 Å². The largest absolute Gasteiger partial charge is 0.481 e. The van der Waals surface area contributed by atoms with E-state index in [9.17, 15) is 9.59 Å². The number of carbonyl (C=O) groups excluding carboxylic acids is 1. The second kappa shape index (κ2) is 3.24. The van der Waals surface area contributed by atoms with E-state index in [2.05, 4.69) is 5.32 Å². The fraction of sp³-hybridized carbons (Fsp3) is 0.778. The van der Waals surface area contributed by atoms with Crippen LogP contribution in [0.25, 0.3) is 0 Å². The molecule has 0 bridgehead atoms. The molecule has 0 radical (unpaired) electrons. The van der Waals surface area contributed by atoms with Gasteiger partial charge in [-0.3, -0.25) is 9.59 Å². The lowest BCUT2D eigenvalue weighted by Crippen LogP contribution is -2.47. The van der Waals surface area contributed by atoms with Crippen LogP contribution in [0, 0.1) is 11.8 Å². The molecular formula is C9H13NO4. The van der Waals surface area contributed by atoms with Crippen molar-refractivity contribution in [3.05, 3.63) is 0 Å². The van der Waals surface area contributed by atoms with Gasteiger partial charge in [-0.15, -0.1) is 0 Å². The molecule has 5 nitrogen and oxygen atoms in total. The number of carboxylic acids is 1. The van der Waals surface area contributed by atoms with E-state index >= 15 is 0 Å². The van der Waals surface area contributed by atoms with Crippen LogP contribution < -0.4 is 5.32 Å². The van der Waals surface area contributed by atoms with Crippen LogP contribution in [0.2, 0.25) is 0 Å². The monoisotopic (exact) mass is 199 g/mol.